The Kier molecular flexibility index (Phi) is 5.30. The van der Waals surface area contributed by atoms with Crippen molar-refractivity contribution in [2.24, 2.45) is 0 Å². The summed E-state index contributed by atoms with van der Waals surface area (Å²) in [7, 11) is 0. The molecular formula is C11H14N4O3. The third-order valence-corrected chi connectivity index (χ3v) is 1.76. The largest absolute Gasteiger partial charge is 0.460 e. The van der Waals surface area contributed by atoms with E-state index in [1.54, 1.807) is 13.0 Å². The number of carbonyl (C=O) groups excluding carboxylic acids is 2. The molecule has 1 heterocycles. The fourth-order valence-electron chi connectivity index (χ4n) is 0.941. The van der Waals surface area contributed by atoms with Crippen LogP contribution in [-0.4, -0.2) is 35.1 Å². The van der Waals surface area contributed by atoms with E-state index in [0.29, 0.717) is 5.57 Å². The highest BCUT2D eigenvalue weighted by molar-refractivity contribution is 5.87. The van der Waals surface area contributed by atoms with E-state index in [1.807, 2.05) is 0 Å². The van der Waals surface area contributed by atoms with Crippen LogP contribution in [0, 0.1) is 0 Å². The first kappa shape index (κ1) is 13.6. The maximum Gasteiger partial charge on any atom is 0.333 e. The molecule has 96 valence electrons. The minimum atomic E-state index is -0.483. The molecule has 2 N–H and O–H groups in total. The monoisotopic (exact) mass is 250 g/mol. The molecule has 0 atom stereocenters. The zero-order chi connectivity index (χ0) is 13.4. The lowest BCUT2D eigenvalue weighted by Crippen LogP contribution is -2.32. The van der Waals surface area contributed by atoms with Crippen LogP contribution < -0.4 is 10.6 Å². The molecule has 1 aromatic heterocycles. The second kappa shape index (κ2) is 7.00. The van der Waals surface area contributed by atoms with Gasteiger partial charge in [-0.15, -0.1) is 0 Å². The Morgan fingerprint density at radius 3 is 2.67 bits per heavy atom. The Hall–Kier alpha value is -2.44. The molecule has 0 unspecified atom stereocenters. The van der Waals surface area contributed by atoms with E-state index >= 15 is 0 Å². The number of urea groups is 1. The molecule has 0 aromatic carbocycles. The van der Waals surface area contributed by atoms with Crippen molar-refractivity contribution in [1.82, 2.24) is 15.3 Å². The summed E-state index contributed by atoms with van der Waals surface area (Å²) in [6, 6.07) is 1.17. The van der Waals surface area contributed by atoms with Crippen molar-refractivity contribution < 1.29 is 14.3 Å². The number of rotatable bonds is 5. The molecule has 0 bridgehead atoms. The topological polar surface area (TPSA) is 93.2 Å². The maximum atomic E-state index is 11.3. The third-order valence-electron chi connectivity index (χ3n) is 1.76. The summed E-state index contributed by atoms with van der Waals surface area (Å²) >= 11 is 0. The van der Waals surface area contributed by atoms with Gasteiger partial charge >= 0.3 is 12.0 Å². The number of nitrogens with one attached hydrogen (secondary N) is 2. The smallest absolute Gasteiger partial charge is 0.333 e. The number of ether oxygens (including phenoxy) is 1. The Bertz CT molecular complexity index is 433. The molecule has 18 heavy (non-hydrogen) atoms. The molecule has 1 aromatic rings. The van der Waals surface area contributed by atoms with Crippen molar-refractivity contribution in [2.45, 2.75) is 6.92 Å². The number of esters is 1. The molecular weight excluding hydrogens is 236 g/mol. The van der Waals surface area contributed by atoms with E-state index in [4.69, 9.17) is 4.74 Å². The molecule has 7 heteroatoms. The Morgan fingerprint density at radius 1 is 1.39 bits per heavy atom. The van der Waals surface area contributed by atoms with Gasteiger partial charge in [0.1, 0.15) is 6.61 Å². The van der Waals surface area contributed by atoms with Crippen molar-refractivity contribution in [3.8, 4) is 0 Å². The van der Waals surface area contributed by atoms with Crippen molar-refractivity contribution in [2.75, 3.05) is 18.5 Å². The van der Waals surface area contributed by atoms with Gasteiger partial charge in [0.05, 0.1) is 6.54 Å². The van der Waals surface area contributed by atoms with E-state index in [2.05, 4.69) is 27.2 Å². The zero-order valence-corrected chi connectivity index (χ0v) is 9.97. The summed E-state index contributed by atoms with van der Waals surface area (Å²) in [6.45, 7) is 5.26. The van der Waals surface area contributed by atoms with Gasteiger partial charge in [0, 0.05) is 18.0 Å². The number of aromatic nitrogens is 2. The van der Waals surface area contributed by atoms with Gasteiger partial charge in [-0.3, -0.25) is 5.32 Å². The van der Waals surface area contributed by atoms with Gasteiger partial charge < -0.3 is 10.1 Å². The molecule has 7 nitrogen and oxygen atoms in total. The number of hydrogen-bond donors (Lipinski definition) is 2. The zero-order valence-electron chi connectivity index (χ0n) is 9.97. The second-order valence-corrected chi connectivity index (χ2v) is 3.37. The lowest BCUT2D eigenvalue weighted by atomic mass is 10.4. The summed E-state index contributed by atoms with van der Waals surface area (Å²) in [5.74, 6) is -0.280. The number of anilines is 1. The minimum absolute atomic E-state index is 0.0781. The second-order valence-electron chi connectivity index (χ2n) is 3.37. The summed E-state index contributed by atoms with van der Waals surface area (Å²) in [6.07, 6.45) is 3.02. The quantitative estimate of drug-likeness (QED) is 0.456. The molecule has 0 fully saturated rings. The van der Waals surface area contributed by atoms with Gasteiger partial charge in [0.25, 0.3) is 0 Å². The highest BCUT2D eigenvalue weighted by atomic mass is 16.5. The lowest BCUT2D eigenvalue weighted by molar-refractivity contribution is -0.138. The average molecular weight is 250 g/mol. The van der Waals surface area contributed by atoms with E-state index in [9.17, 15) is 9.59 Å². The Labute approximate surface area is 104 Å². The Balaban J connectivity index is 2.18. The van der Waals surface area contributed by atoms with Crippen molar-refractivity contribution in [3.05, 3.63) is 30.6 Å². The van der Waals surface area contributed by atoms with Crippen LogP contribution in [0.1, 0.15) is 6.92 Å². The molecule has 0 saturated heterocycles. The van der Waals surface area contributed by atoms with E-state index in [1.165, 1.54) is 12.4 Å². The first-order valence-corrected chi connectivity index (χ1v) is 5.24. The highest BCUT2D eigenvalue weighted by Crippen LogP contribution is 1.93. The molecule has 0 aliphatic rings. The van der Waals surface area contributed by atoms with E-state index in [0.717, 1.165) is 0 Å². The van der Waals surface area contributed by atoms with Crippen molar-refractivity contribution >= 4 is 17.9 Å². The van der Waals surface area contributed by atoms with Crippen LogP contribution in [0.5, 0.6) is 0 Å². The fourth-order valence-corrected chi connectivity index (χ4v) is 0.941. The Morgan fingerprint density at radius 2 is 2.06 bits per heavy atom. The van der Waals surface area contributed by atoms with Crippen LogP contribution in [-0.2, 0) is 9.53 Å². The molecule has 0 aliphatic carbocycles. The first-order valence-electron chi connectivity index (χ1n) is 5.24. The van der Waals surface area contributed by atoms with Gasteiger partial charge in [-0.25, -0.2) is 19.6 Å². The predicted molar refractivity (Wildman–Crippen MR) is 64.8 cm³/mol. The molecule has 0 spiro atoms. The molecule has 0 aliphatic heterocycles. The maximum absolute atomic E-state index is 11.3. The van der Waals surface area contributed by atoms with Crippen LogP contribution in [0.15, 0.2) is 30.6 Å². The summed E-state index contributed by atoms with van der Waals surface area (Å²) in [5, 5.41) is 4.91. The summed E-state index contributed by atoms with van der Waals surface area (Å²) < 4.78 is 4.79. The number of hydrogen-bond acceptors (Lipinski definition) is 5. The standard InChI is InChI=1S/C11H14N4O3/c1-8(2)9(16)18-7-6-14-11(17)15-10-12-4-3-5-13-10/h3-5H,1,6-7H2,2H3,(H2,12,13,14,15,17). The highest BCUT2D eigenvalue weighted by Gasteiger charge is 2.04. The molecule has 0 saturated carbocycles. The van der Waals surface area contributed by atoms with Crippen LogP contribution in [0.25, 0.3) is 0 Å². The predicted octanol–water partition coefficient (Wildman–Crippen LogP) is 0.717. The van der Waals surface area contributed by atoms with Crippen molar-refractivity contribution in [1.29, 1.82) is 0 Å². The van der Waals surface area contributed by atoms with Gasteiger partial charge in [-0.05, 0) is 13.0 Å². The van der Waals surface area contributed by atoms with Gasteiger partial charge in [0.15, 0.2) is 0 Å². The van der Waals surface area contributed by atoms with Crippen LogP contribution >= 0.6 is 0 Å². The summed E-state index contributed by atoms with van der Waals surface area (Å²) in [4.78, 5) is 30.0. The molecule has 1 rings (SSSR count). The normalized spacial score (nSPS) is 9.39. The summed E-state index contributed by atoms with van der Waals surface area (Å²) in [5.41, 5.74) is 0.317. The lowest BCUT2D eigenvalue weighted by Gasteiger charge is -2.06. The van der Waals surface area contributed by atoms with Crippen LogP contribution in [0.3, 0.4) is 0 Å². The third kappa shape index (κ3) is 5.06. The van der Waals surface area contributed by atoms with Gasteiger partial charge in [0.2, 0.25) is 5.95 Å². The van der Waals surface area contributed by atoms with Gasteiger partial charge in [-0.2, -0.15) is 0 Å². The molecule has 2 amide bonds. The minimum Gasteiger partial charge on any atom is -0.460 e. The average Bonchev–Trinajstić information content (AvgIpc) is 2.35. The van der Waals surface area contributed by atoms with Crippen LogP contribution in [0.2, 0.25) is 0 Å². The van der Waals surface area contributed by atoms with Gasteiger partial charge in [-0.1, -0.05) is 6.58 Å². The number of nitrogens with zero attached hydrogens (tertiary/aromatic N) is 2. The van der Waals surface area contributed by atoms with Crippen molar-refractivity contribution in [3.63, 3.8) is 0 Å². The SMILES string of the molecule is C=C(C)C(=O)OCCNC(=O)Nc1ncccn1. The van der Waals surface area contributed by atoms with E-state index < -0.39 is 12.0 Å². The van der Waals surface area contributed by atoms with E-state index in [-0.39, 0.29) is 19.1 Å². The number of carbonyl (C=O) groups is 2. The van der Waals surface area contributed by atoms with Crippen LogP contribution in [0.4, 0.5) is 10.7 Å². The number of amides is 2. The fraction of sp³-hybridized carbons (Fsp3) is 0.273. The first-order chi connectivity index (χ1) is 8.59. The molecule has 0 radical (unpaired) electrons.